The Balaban J connectivity index is 1.66. The number of hydrogen-bond donors (Lipinski definition) is 1. The van der Waals surface area contributed by atoms with Crippen LogP contribution in [0.4, 0.5) is 0 Å². The summed E-state index contributed by atoms with van der Waals surface area (Å²) >= 11 is 0. The molecule has 0 spiro atoms. The first-order valence-electron chi connectivity index (χ1n) is 8.98. The number of carbonyl (C=O) groups excluding carboxylic acids is 2. The molecule has 0 aliphatic heterocycles. The van der Waals surface area contributed by atoms with Crippen molar-refractivity contribution < 1.29 is 9.59 Å². The number of hydrogen-bond acceptors (Lipinski definition) is 3. The zero-order valence-corrected chi connectivity index (χ0v) is 15.3. The number of rotatable bonds is 5. The van der Waals surface area contributed by atoms with E-state index < -0.39 is 0 Å². The van der Waals surface area contributed by atoms with E-state index in [0.717, 1.165) is 22.2 Å². The number of aromatic nitrogens is 2. The summed E-state index contributed by atoms with van der Waals surface area (Å²) < 4.78 is 0. The maximum absolute atomic E-state index is 12.7. The first-order chi connectivity index (χ1) is 13.6. The molecule has 2 aromatic carbocycles. The van der Waals surface area contributed by atoms with E-state index in [1.54, 1.807) is 30.6 Å². The van der Waals surface area contributed by atoms with Gasteiger partial charge in [-0.25, -0.2) is 0 Å². The minimum Gasteiger partial charge on any atom is -0.358 e. The highest BCUT2D eigenvalue weighted by Crippen LogP contribution is 2.25. The molecular weight excluding hydrogens is 348 g/mol. The summed E-state index contributed by atoms with van der Waals surface area (Å²) in [5.74, 6) is -0.0910. The highest BCUT2D eigenvalue weighted by atomic mass is 16.1. The van der Waals surface area contributed by atoms with Gasteiger partial charge >= 0.3 is 0 Å². The standard InChI is InChI=1S/C24H18N2O2/c1-16-20(9-10-23(27)17-11-13-25-14-12-17)21-8-7-19(15-22(21)26-16)24(28)18-5-3-2-4-6-18/h2-15,26H,1H3. The molecule has 0 amide bonds. The molecule has 4 rings (SSSR count). The molecule has 0 radical (unpaired) electrons. The molecule has 28 heavy (non-hydrogen) atoms. The highest BCUT2D eigenvalue weighted by Gasteiger charge is 2.12. The number of pyridine rings is 1. The molecule has 0 unspecified atom stereocenters. The van der Waals surface area contributed by atoms with Gasteiger partial charge < -0.3 is 4.98 Å². The summed E-state index contributed by atoms with van der Waals surface area (Å²) in [7, 11) is 0. The van der Waals surface area contributed by atoms with Crippen LogP contribution in [0.15, 0.2) is 79.1 Å². The van der Waals surface area contributed by atoms with Crippen LogP contribution in [0.3, 0.4) is 0 Å². The maximum atomic E-state index is 12.7. The number of benzene rings is 2. The molecule has 0 saturated heterocycles. The van der Waals surface area contributed by atoms with Crippen LogP contribution >= 0.6 is 0 Å². The van der Waals surface area contributed by atoms with Crippen LogP contribution in [0.5, 0.6) is 0 Å². The molecule has 0 bridgehead atoms. The van der Waals surface area contributed by atoms with Gasteiger partial charge in [0.25, 0.3) is 0 Å². The van der Waals surface area contributed by atoms with Gasteiger partial charge in [-0.2, -0.15) is 0 Å². The van der Waals surface area contributed by atoms with E-state index in [4.69, 9.17) is 0 Å². The molecule has 0 fully saturated rings. The van der Waals surface area contributed by atoms with E-state index >= 15 is 0 Å². The van der Waals surface area contributed by atoms with Crippen LogP contribution in [-0.2, 0) is 0 Å². The lowest BCUT2D eigenvalue weighted by Crippen LogP contribution is -2.00. The normalized spacial score (nSPS) is 11.2. The van der Waals surface area contributed by atoms with Crippen LogP contribution in [0, 0.1) is 6.92 Å². The van der Waals surface area contributed by atoms with Gasteiger partial charge in [0.15, 0.2) is 11.6 Å². The number of aryl methyl sites for hydroxylation is 1. The van der Waals surface area contributed by atoms with Gasteiger partial charge in [0, 0.05) is 51.2 Å². The van der Waals surface area contributed by atoms with E-state index in [0.29, 0.717) is 16.7 Å². The first-order valence-corrected chi connectivity index (χ1v) is 8.98. The van der Waals surface area contributed by atoms with E-state index in [1.807, 2.05) is 61.5 Å². The minimum atomic E-state index is -0.0768. The van der Waals surface area contributed by atoms with Crippen LogP contribution in [0.1, 0.15) is 37.5 Å². The van der Waals surface area contributed by atoms with Gasteiger partial charge in [0.2, 0.25) is 0 Å². The van der Waals surface area contributed by atoms with Gasteiger partial charge in [-0.05, 0) is 37.3 Å². The van der Waals surface area contributed by atoms with Crippen molar-refractivity contribution in [3.63, 3.8) is 0 Å². The zero-order valence-electron chi connectivity index (χ0n) is 15.3. The lowest BCUT2D eigenvalue weighted by Gasteiger charge is -2.02. The van der Waals surface area contributed by atoms with Crippen LogP contribution in [-0.4, -0.2) is 21.5 Å². The second kappa shape index (κ2) is 7.45. The Hall–Kier alpha value is -3.79. The number of aromatic amines is 1. The molecule has 4 aromatic rings. The van der Waals surface area contributed by atoms with Gasteiger partial charge in [0.05, 0.1) is 0 Å². The van der Waals surface area contributed by atoms with Gasteiger partial charge in [0.1, 0.15) is 0 Å². The predicted octanol–water partition coefficient (Wildman–Crippen LogP) is 5.00. The second-order valence-electron chi connectivity index (χ2n) is 6.55. The van der Waals surface area contributed by atoms with Crippen LogP contribution in [0.2, 0.25) is 0 Å². The Labute approximate surface area is 162 Å². The quantitative estimate of drug-likeness (QED) is 0.399. The molecule has 4 heteroatoms. The van der Waals surface area contributed by atoms with Crippen molar-refractivity contribution in [3.8, 4) is 0 Å². The average molecular weight is 366 g/mol. The number of ketones is 2. The number of allylic oxidation sites excluding steroid dienone is 1. The van der Waals surface area contributed by atoms with E-state index in [9.17, 15) is 9.59 Å². The fraction of sp³-hybridized carbons (Fsp3) is 0.0417. The Morgan fingerprint density at radius 1 is 0.893 bits per heavy atom. The maximum Gasteiger partial charge on any atom is 0.193 e. The molecule has 0 aliphatic rings. The van der Waals surface area contributed by atoms with Crippen molar-refractivity contribution in [2.75, 3.05) is 0 Å². The van der Waals surface area contributed by atoms with Crippen molar-refractivity contribution in [2.24, 2.45) is 0 Å². The van der Waals surface area contributed by atoms with Crippen molar-refractivity contribution >= 4 is 28.5 Å². The largest absolute Gasteiger partial charge is 0.358 e. The average Bonchev–Trinajstić information content (AvgIpc) is 3.06. The number of carbonyl (C=O) groups is 2. The highest BCUT2D eigenvalue weighted by molar-refractivity contribution is 6.11. The molecule has 0 saturated carbocycles. The molecule has 1 N–H and O–H groups in total. The third-order valence-corrected chi connectivity index (χ3v) is 4.70. The van der Waals surface area contributed by atoms with Gasteiger partial charge in [-0.3, -0.25) is 14.6 Å². The van der Waals surface area contributed by atoms with E-state index in [2.05, 4.69) is 9.97 Å². The lowest BCUT2D eigenvalue weighted by molar-refractivity contribution is 0.103. The summed E-state index contributed by atoms with van der Waals surface area (Å²) in [4.78, 5) is 32.2. The summed E-state index contributed by atoms with van der Waals surface area (Å²) in [5, 5.41) is 0.973. The van der Waals surface area contributed by atoms with Gasteiger partial charge in [-0.1, -0.05) is 42.5 Å². The summed E-state index contributed by atoms with van der Waals surface area (Å²) in [6, 6.07) is 18.2. The van der Waals surface area contributed by atoms with Crippen LogP contribution < -0.4 is 0 Å². The lowest BCUT2D eigenvalue weighted by atomic mass is 10.0. The van der Waals surface area contributed by atoms with E-state index in [-0.39, 0.29) is 11.6 Å². The molecule has 0 atom stereocenters. The summed E-state index contributed by atoms with van der Waals surface area (Å²) in [5.41, 5.74) is 4.64. The number of nitrogens with one attached hydrogen (secondary N) is 1. The van der Waals surface area contributed by atoms with Crippen molar-refractivity contribution in [2.45, 2.75) is 6.92 Å². The fourth-order valence-corrected chi connectivity index (χ4v) is 3.24. The predicted molar refractivity (Wildman–Crippen MR) is 111 cm³/mol. The number of nitrogens with zero attached hydrogens (tertiary/aromatic N) is 1. The molecule has 0 aliphatic carbocycles. The Morgan fingerprint density at radius 3 is 2.39 bits per heavy atom. The molecule has 2 heterocycles. The number of fused-ring (bicyclic) bond motifs is 1. The van der Waals surface area contributed by atoms with Crippen molar-refractivity contribution in [1.82, 2.24) is 9.97 Å². The van der Waals surface area contributed by atoms with Crippen molar-refractivity contribution in [3.05, 3.63) is 107 Å². The zero-order chi connectivity index (χ0) is 19.5. The molecule has 4 nitrogen and oxygen atoms in total. The Bertz CT molecular complexity index is 1190. The first kappa shape index (κ1) is 17.6. The third kappa shape index (κ3) is 3.40. The topological polar surface area (TPSA) is 62.8 Å². The van der Waals surface area contributed by atoms with E-state index in [1.165, 1.54) is 0 Å². The Morgan fingerprint density at radius 2 is 1.64 bits per heavy atom. The monoisotopic (exact) mass is 366 g/mol. The number of H-pyrrole nitrogens is 1. The minimum absolute atomic E-state index is 0.0142. The SMILES string of the molecule is Cc1[nH]c2cc(C(=O)c3ccccc3)ccc2c1C=CC(=O)c1ccncc1. The third-order valence-electron chi connectivity index (χ3n) is 4.70. The summed E-state index contributed by atoms with van der Waals surface area (Å²) in [6.45, 7) is 1.95. The Kier molecular flexibility index (Phi) is 4.68. The van der Waals surface area contributed by atoms with Crippen LogP contribution in [0.25, 0.3) is 17.0 Å². The summed E-state index contributed by atoms with van der Waals surface area (Å²) in [6.07, 6.45) is 6.58. The smallest absolute Gasteiger partial charge is 0.193 e. The molecular formula is C24H18N2O2. The molecule has 136 valence electrons. The van der Waals surface area contributed by atoms with Crippen molar-refractivity contribution in [1.29, 1.82) is 0 Å². The van der Waals surface area contributed by atoms with Gasteiger partial charge in [-0.15, -0.1) is 0 Å². The fourth-order valence-electron chi connectivity index (χ4n) is 3.24. The second-order valence-corrected chi connectivity index (χ2v) is 6.55. The molecule has 2 aromatic heterocycles.